The average Bonchev–Trinajstić information content (AvgIpc) is 2.45. The second kappa shape index (κ2) is 10.6. The molecule has 1 N–H and O–H groups in total. The first-order valence-corrected chi connectivity index (χ1v) is 7.51. The topological polar surface area (TPSA) is 56.3 Å². The van der Waals surface area contributed by atoms with Crippen molar-refractivity contribution in [2.75, 3.05) is 26.4 Å². The normalized spacial score (nSPS) is 10.8. The highest BCUT2D eigenvalue weighted by molar-refractivity contribution is 5.17. The van der Waals surface area contributed by atoms with E-state index in [1.807, 2.05) is 13.1 Å². The summed E-state index contributed by atoms with van der Waals surface area (Å²) < 4.78 is 10.9. The van der Waals surface area contributed by atoms with Crippen LogP contribution in [-0.4, -0.2) is 36.3 Å². The molecule has 0 aromatic carbocycles. The van der Waals surface area contributed by atoms with Crippen molar-refractivity contribution >= 4 is 0 Å². The summed E-state index contributed by atoms with van der Waals surface area (Å²) in [6, 6.07) is 0.431. The zero-order chi connectivity index (χ0) is 14.6. The lowest BCUT2D eigenvalue weighted by Crippen LogP contribution is -2.16. The van der Waals surface area contributed by atoms with Crippen LogP contribution in [0.3, 0.4) is 0 Å². The molecular weight excluding hydrogens is 254 g/mol. The van der Waals surface area contributed by atoms with Gasteiger partial charge in [-0.05, 0) is 26.3 Å². The van der Waals surface area contributed by atoms with Crippen LogP contribution in [0, 0.1) is 6.92 Å². The number of rotatable bonds is 11. The van der Waals surface area contributed by atoms with Gasteiger partial charge < -0.3 is 14.8 Å². The van der Waals surface area contributed by atoms with Crippen molar-refractivity contribution in [2.24, 2.45) is 0 Å². The molecule has 1 aromatic heterocycles. The van der Waals surface area contributed by atoms with Crippen LogP contribution in [0.25, 0.3) is 0 Å². The van der Waals surface area contributed by atoms with E-state index in [4.69, 9.17) is 9.47 Å². The minimum atomic E-state index is 0.431. The Morgan fingerprint density at radius 1 is 1.15 bits per heavy atom. The zero-order valence-corrected chi connectivity index (χ0v) is 12.9. The number of hydrogen-bond acceptors (Lipinski definition) is 5. The maximum absolute atomic E-state index is 5.48. The van der Waals surface area contributed by atoms with E-state index in [-0.39, 0.29) is 0 Å². The molecule has 0 saturated heterocycles. The Kier molecular flexibility index (Phi) is 8.91. The summed E-state index contributed by atoms with van der Waals surface area (Å²) in [5.74, 6) is 0. The Bertz CT molecular complexity index is 372. The molecule has 0 bridgehead atoms. The van der Waals surface area contributed by atoms with Crippen LogP contribution in [0.15, 0.2) is 6.20 Å². The Morgan fingerprint density at radius 2 is 2.00 bits per heavy atom. The summed E-state index contributed by atoms with van der Waals surface area (Å²) in [6.07, 6.45) is 5.20. The van der Waals surface area contributed by atoms with Crippen LogP contribution < -0.4 is 10.1 Å². The van der Waals surface area contributed by atoms with Crippen molar-refractivity contribution < 1.29 is 9.47 Å². The van der Waals surface area contributed by atoms with Crippen molar-refractivity contribution in [1.29, 1.82) is 0 Å². The average molecular weight is 281 g/mol. The maximum atomic E-state index is 5.48. The summed E-state index contributed by atoms with van der Waals surface area (Å²) in [6.45, 7) is 9.96. The molecule has 0 atom stereocenters. The Labute approximate surface area is 122 Å². The van der Waals surface area contributed by atoms with Gasteiger partial charge in [0.1, 0.15) is 6.61 Å². The molecule has 5 nitrogen and oxygen atoms in total. The summed E-state index contributed by atoms with van der Waals surface area (Å²) in [4.78, 5) is 8.58. The van der Waals surface area contributed by atoms with Crippen LogP contribution in [0.5, 0.6) is 6.01 Å². The predicted octanol–water partition coefficient (Wildman–Crippen LogP) is 2.48. The summed E-state index contributed by atoms with van der Waals surface area (Å²) >= 11 is 0. The van der Waals surface area contributed by atoms with Crippen LogP contribution in [0.2, 0.25) is 0 Å². The quantitative estimate of drug-likeness (QED) is 0.632. The Morgan fingerprint density at radius 3 is 2.70 bits per heavy atom. The lowest BCUT2D eigenvalue weighted by Gasteiger charge is -2.09. The number of nitrogens with one attached hydrogen (secondary N) is 1. The number of unbranched alkanes of at least 4 members (excludes halogenated alkanes) is 1. The summed E-state index contributed by atoms with van der Waals surface area (Å²) in [7, 11) is 0. The second-order valence-electron chi connectivity index (χ2n) is 4.75. The first-order chi connectivity index (χ1) is 9.77. The Hall–Kier alpha value is -1.20. The van der Waals surface area contributed by atoms with Crippen molar-refractivity contribution in [2.45, 2.75) is 46.6 Å². The zero-order valence-electron chi connectivity index (χ0n) is 12.9. The minimum Gasteiger partial charge on any atom is -0.461 e. The summed E-state index contributed by atoms with van der Waals surface area (Å²) in [5, 5.41) is 3.34. The lowest BCUT2D eigenvalue weighted by atomic mass is 10.2. The maximum Gasteiger partial charge on any atom is 0.316 e. The number of aryl methyl sites for hydroxylation is 1. The van der Waals surface area contributed by atoms with Gasteiger partial charge in [-0.25, -0.2) is 9.97 Å². The monoisotopic (exact) mass is 281 g/mol. The molecule has 0 aliphatic heterocycles. The van der Waals surface area contributed by atoms with E-state index in [1.165, 1.54) is 0 Å². The van der Waals surface area contributed by atoms with Gasteiger partial charge in [-0.2, -0.15) is 0 Å². The van der Waals surface area contributed by atoms with E-state index in [0.717, 1.165) is 50.2 Å². The first kappa shape index (κ1) is 16.9. The van der Waals surface area contributed by atoms with Gasteiger partial charge in [0.15, 0.2) is 0 Å². The fraction of sp³-hybridized carbons (Fsp3) is 0.733. The van der Waals surface area contributed by atoms with Gasteiger partial charge >= 0.3 is 6.01 Å². The Balaban J connectivity index is 2.28. The number of hydrogen-bond donors (Lipinski definition) is 1. The smallest absolute Gasteiger partial charge is 0.316 e. The van der Waals surface area contributed by atoms with E-state index in [2.05, 4.69) is 29.1 Å². The highest BCUT2D eigenvalue weighted by Gasteiger charge is 2.04. The molecule has 20 heavy (non-hydrogen) atoms. The fourth-order valence-electron chi connectivity index (χ4n) is 1.65. The van der Waals surface area contributed by atoms with Gasteiger partial charge in [0.2, 0.25) is 0 Å². The molecule has 1 heterocycles. The summed E-state index contributed by atoms with van der Waals surface area (Å²) in [5.41, 5.74) is 2.08. The largest absolute Gasteiger partial charge is 0.461 e. The first-order valence-electron chi connectivity index (χ1n) is 7.51. The standard InChI is InChI=1S/C15H27N3O2/c1-4-6-8-19-9-10-20-15-17-12-14(13(3)18-15)11-16-7-5-2/h12,16H,4-11H2,1-3H3. The fourth-order valence-corrected chi connectivity index (χ4v) is 1.65. The van der Waals surface area contributed by atoms with Crippen molar-refractivity contribution in [3.05, 3.63) is 17.5 Å². The number of aromatic nitrogens is 2. The van der Waals surface area contributed by atoms with E-state index >= 15 is 0 Å². The molecule has 114 valence electrons. The molecule has 0 unspecified atom stereocenters. The van der Waals surface area contributed by atoms with Crippen LogP contribution in [0.1, 0.15) is 44.4 Å². The molecule has 0 spiro atoms. The van der Waals surface area contributed by atoms with Crippen LogP contribution in [0.4, 0.5) is 0 Å². The molecule has 1 rings (SSSR count). The third kappa shape index (κ3) is 6.82. The molecule has 0 amide bonds. The molecule has 0 radical (unpaired) electrons. The van der Waals surface area contributed by atoms with Crippen molar-refractivity contribution in [3.63, 3.8) is 0 Å². The lowest BCUT2D eigenvalue weighted by molar-refractivity contribution is 0.0946. The number of nitrogens with zero attached hydrogens (tertiary/aromatic N) is 2. The minimum absolute atomic E-state index is 0.431. The SMILES string of the molecule is CCCCOCCOc1ncc(CNCCC)c(C)n1. The van der Waals surface area contributed by atoms with E-state index in [0.29, 0.717) is 19.2 Å². The third-order valence-corrected chi connectivity index (χ3v) is 2.90. The van der Waals surface area contributed by atoms with Gasteiger partial charge in [-0.1, -0.05) is 20.3 Å². The van der Waals surface area contributed by atoms with Crippen molar-refractivity contribution in [1.82, 2.24) is 15.3 Å². The number of ether oxygens (including phenoxy) is 2. The van der Waals surface area contributed by atoms with Gasteiger partial charge in [0.25, 0.3) is 0 Å². The van der Waals surface area contributed by atoms with E-state index in [1.54, 1.807) is 0 Å². The molecule has 1 aromatic rings. The van der Waals surface area contributed by atoms with Crippen LogP contribution in [-0.2, 0) is 11.3 Å². The predicted molar refractivity (Wildman–Crippen MR) is 80.0 cm³/mol. The van der Waals surface area contributed by atoms with Crippen molar-refractivity contribution in [3.8, 4) is 6.01 Å². The molecule has 0 fully saturated rings. The second-order valence-corrected chi connectivity index (χ2v) is 4.75. The van der Waals surface area contributed by atoms with Gasteiger partial charge in [0.05, 0.1) is 6.61 Å². The van der Waals surface area contributed by atoms with Gasteiger partial charge in [0, 0.05) is 30.6 Å². The molecule has 0 aliphatic carbocycles. The van der Waals surface area contributed by atoms with Gasteiger partial charge in [-0.3, -0.25) is 0 Å². The molecule has 5 heteroatoms. The highest BCUT2D eigenvalue weighted by atomic mass is 16.5. The van der Waals surface area contributed by atoms with E-state index < -0.39 is 0 Å². The third-order valence-electron chi connectivity index (χ3n) is 2.90. The molecule has 0 aliphatic rings. The van der Waals surface area contributed by atoms with Crippen LogP contribution >= 0.6 is 0 Å². The molecule has 0 saturated carbocycles. The van der Waals surface area contributed by atoms with E-state index in [9.17, 15) is 0 Å². The molecular formula is C15H27N3O2. The highest BCUT2D eigenvalue weighted by Crippen LogP contribution is 2.08. The van der Waals surface area contributed by atoms with Gasteiger partial charge in [-0.15, -0.1) is 0 Å².